The maximum absolute atomic E-state index is 11.2. The van der Waals surface area contributed by atoms with Crippen molar-refractivity contribution in [1.29, 1.82) is 0 Å². The van der Waals surface area contributed by atoms with Crippen molar-refractivity contribution in [3.05, 3.63) is 57.9 Å². The number of hydrogen-bond donors (Lipinski definition) is 2. The lowest BCUT2D eigenvalue weighted by molar-refractivity contribution is -0.667. The zero-order valence-corrected chi connectivity index (χ0v) is 19.5. The van der Waals surface area contributed by atoms with Gasteiger partial charge in [0.15, 0.2) is 6.54 Å². The van der Waals surface area contributed by atoms with E-state index in [1.807, 2.05) is 29.7 Å². The fourth-order valence-electron chi connectivity index (χ4n) is 3.50. The molecule has 0 spiro atoms. The lowest BCUT2D eigenvalue weighted by Crippen LogP contribution is -2.36. The molecule has 0 aliphatic carbocycles. The van der Waals surface area contributed by atoms with Crippen molar-refractivity contribution in [2.75, 3.05) is 12.9 Å². The van der Waals surface area contributed by atoms with E-state index in [0.29, 0.717) is 6.54 Å². The number of aromatic carboxylic acids is 1. The largest absolute Gasteiger partial charge is 0.496 e. The van der Waals surface area contributed by atoms with Crippen molar-refractivity contribution in [2.24, 2.45) is 0 Å². The van der Waals surface area contributed by atoms with E-state index in [0.717, 1.165) is 36.6 Å². The Hall–Kier alpha value is -2.79. The van der Waals surface area contributed by atoms with Gasteiger partial charge in [-0.15, -0.1) is 11.3 Å². The Bertz CT molecular complexity index is 1430. The molecule has 32 heavy (non-hydrogen) atoms. The summed E-state index contributed by atoms with van der Waals surface area (Å²) in [7, 11) is -2.41. The van der Waals surface area contributed by atoms with Gasteiger partial charge in [-0.05, 0) is 35.2 Å². The number of carboxylic acid groups (broad SMARTS) is 1. The number of nitrogens with zero attached hydrogens (tertiary/aromatic N) is 1. The standard InChI is InChI=1S/C22H19NO6S3/c1-29-17-13-18-20(21-16(17)9-11-30-21)23(10-2-12-32(26,27)28)19(31-18)8-5-14-3-6-15(7-4-14)22(24)25/h3-9,11,13H,2,10,12H2,1H3,(H-,24,25,26,27,28)/p+1/b8-5+. The van der Waals surface area contributed by atoms with Crippen molar-refractivity contribution in [1.82, 2.24) is 0 Å². The molecule has 7 nitrogen and oxygen atoms in total. The summed E-state index contributed by atoms with van der Waals surface area (Å²) in [5.74, 6) is -0.517. The van der Waals surface area contributed by atoms with Crippen LogP contribution in [0.1, 0.15) is 27.3 Å². The highest BCUT2D eigenvalue weighted by Crippen LogP contribution is 2.38. The lowest BCUT2D eigenvalue weighted by atomic mass is 10.1. The first-order valence-electron chi connectivity index (χ1n) is 9.64. The van der Waals surface area contributed by atoms with Crippen molar-refractivity contribution in [2.45, 2.75) is 13.0 Å². The molecule has 4 aromatic rings. The number of ether oxygens (including phenoxy) is 1. The average Bonchev–Trinajstić information content (AvgIpc) is 3.35. The highest BCUT2D eigenvalue weighted by Gasteiger charge is 2.24. The van der Waals surface area contributed by atoms with Gasteiger partial charge in [-0.3, -0.25) is 4.55 Å². The molecule has 0 unspecified atom stereocenters. The van der Waals surface area contributed by atoms with Crippen LogP contribution in [-0.4, -0.2) is 36.9 Å². The Morgan fingerprint density at radius 1 is 1.19 bits per heavy atom. The maximum atomic E-state index is 11.2. The molecule has 2 aromatic carbocycles. The maximum Gasteiger partial charge on any atom is 0.335 e. The third-order valence-electron chi connectivity index (χ3n) is 4.97. The predicted octanol–water partition coefficient (Wildman–Crippen LogP) is 4.56. The van der Waals surface area contributed by atoms with E-state index in [2.05, 4.69) is 4.57 Å². The molecule has 0 fully saturated rings. The van der Waals surface area contributed by atoms with E-state index in [9.17, 15) is 13.2 Å². The fourth-order valence-corrected chi connectivity index (χ4v) is 6.15. The number of benzene rings is 2. The predicted molar refractivity (Wildman–Crippen MR) is 127 cm³/mol. The van der Waals surface area contributed by atoms with E-state index < -0.39 is 16.1 Å². The van der Waals surface area contributed by atoms with Gasteiger partial charge in [-0.2, -0.15) is 13.0 Å². The number of hydrogen-bond acceptors (Lipinski definition) is 6. The summed E-state index contributed by atoms with van der Waals surface area (Å²) in [6.07, 6.45) is 4.08. The Morgan fingerprint density at radius 2 is 1.94 bits per heavy atom. The summed E-state index contributed by atoms with van der Waals surface area (Å²) < 4.78 is 41.3. The molecule has 0 saturated carbocycles. The van der Waals surface area contributed by atoms with Gasteiger partial charge in [-0.25, -0.2) is 4.79 Å². The number of methoxy groups -OCH3 is 1. The van der Waals surface area contributed by atoms with Crippen molar-refractivity contribution < 1.29 is 32.2 Å². The second-order valence-electron chi connectivity index (χ2n) is 7.08. The van der Waals surface area contributed by atoms with Crippen LogP contribution in [0.5, 0.6) is 5.75 Å². The van der Waals surface area contributed by atoms with E-state index in [1.165, 1.54) is 0 Å². The summed E-state index contributed by atoms with van der Waals surface area (Å²) in [5.41, 5.74) is 2.06. The molecule has 0 amide bonds. The minimum absolute atomic E-state index is 0.219. The van der Waals surface area contributed by atoms with Gasteiger partial charge in [0.2, 0.25) is 5.52 Å². The highest BCUT2D eigenvalue weighted by molar-refractivity contribution is 7.85. The number of thiophene rings is 1. The molecular formula is C22H20NO6S3+. The molecule has 0 aliphatic heterocycles. The summed E-state index contributed by atoms with van der Waals surface area (Å²) in [6, 6.07) is 10.5. The van der Waals surface area contributed by atoms with Crippen molar-refractivity contribution in [3.8, 4) is 5.75 Å². The highest BCUT2D eigenvalue weighted by atomic mass is 32.2. The number of aromatic nitrogens is 1. The molecule has 2 N–H and O–H groups in total. The van der Waals surface area contributed by atoms with E-state index in [4.69, 9.17) is 14.4 Å². The zero-order valence-electron chi connectivity index (χ0n) is 17.0. The van der Waals surface area contributed by atoms with Gasteiger partial charge in [0.25, 0.3) is 15.1 Å². The second-order valence-corrected chi connectivity index (χ2v) is 10.6. The normalized spacial score (nSPS) is 12.2. The molecule has 2 aromatic heterocycles. The number of thiazole rings is 1. The number of fused-ring (bicyclic) bond motifs is 3. The van der Waals surface area contributed by atoms with Crippen LogP contribution in [0.3, 0.4) is 0 Å². The molecule has 2 heterocycles. The van der Waals surface area contributed by atoms with Crippen LogP contribution in [0.4, 0.5) is 0 Å². The van der Waals surface area contributed by atoms with Crippen LogP contribution < -0.4 is 9.30 Å². The van der Waals surface area contributed by atoms with Gasteiger partial charge >= 0.3 is 5.97 Å². The number of rotatable bonds is 8. The first-order valence-corrected chi connectivity index (χ1v) is 12.9. The zero-order chi connectivity index (χ0) is 22.9. The van der Waals surface area contributed by atoms with Gasteiger partial charge < -0.3 is 9.84 Å². The minimum Gasteiger partial charge on any atom is -0.496 e. The fraction of sp³-hybridized carbons (Fsp3) is 0.182. The molecule has 0 aliphatic rings. The molecule has 10 heteroatoms. The summed E-state index contributed by atoms with van der Waals surface area (Å²) in [6.45, 7) is 0.413. The van der Waals surface area contributed by atoms with Gasteiger partial charge in [-0.1, -0.05) is 23.5 Å². The molecule has 166 valence electrons. The molecule has 4 rings (SSSR count). The number of carboxylic acids is 1. The van der Waals surface area contributed by atoms with Crippen molar-refractivity contribution >= 4 is 71.2 Å². The van der Waals surface area contributed by atoms with Crippen LogP contribution in [0.2, 0.25) is 0 Å². The Kier molecular flexibility index (Phi) is 6.29. The molecule has 0 radical (unpaired) electrons. The Labute approximate surface area is 192 Å². The second kappa shape index (κ2) is 8.99. The van der Waals surface area contributed by atoms with Gasteiger partial charge in [0, 0.05) is 23.9 Å². The summed E-state index contributed by atoms with van der Waals surface area (Å²) in [4.78, 5) is 11.1. The Balaban J connectivity index is 1.79. The minimum atomic E-state index is -4.05. The van der Waals surface area contributed by atoms with E-state index in [1.54, 1.807) is 54.0 Å². The smallest absolute Gasteiger partial charge is 0.335 e. The van der Waals surface area contributed by atoms with Crippen molar-refractivity contribution in [3.63, 3.8) is 0 Å². The van der Waals surface area contributed by atoms with Crippen LogP contribution in [0, 0.1) is 0 Å². The van der Waals surface area contributed by atoms with Gasteiger partial charge in [0.05, 0.1) is 18.4 Å². The SMILES string of the molecule is COc1cc2sc(/C=C/c3ccc(C(=O)O)cc3)[n+](CCCS(=O)(=O)O)c2c2sccc12. The van der Waals surface area contributed by atoms with Crippen LogP contribution in [0.25, 0.3) is 32.5 Å². The molecular weight excluding hydrogens is 470 g/mol. The first kappa shape index (κ1) is 22.4. The lowest BCUT2D eigenvalue weighted by Gasteiger charge is -2.02. The van der Waals surface area contributed by atoms with Crippen LogP contribution in [0.15, 0.2) is 41.8 Å². The monoisotopic (exact) mass is 490 g/mol. The molecule has 0 atom stereocenters. The molecule has 0 bridgehead atoms. The summed E-state index contributed by atoms with van der Waals surface area (Å²) in [5, 5.41) is 12.9. The van der Waals surface area contributed by atoms with E-state index in [-0.39, 0.29) is 17.7 Å². The molecule has 0 saturated heterocycles. The van der Waals surface area contributed by atoms with Crippen LogP contribution >= 0.6 is 22.7 Å². The van der Waals surface area contributed by atoms with Crippen LogP contribution in [-0.2, 0) is 16.7 Å². The summed E-state index contributed by atoms with van der Waals surface area (Å²) >= 11 is 3.14. The quantitative estimate of drug-likeness (QED) is 0.277. The van der Waals surface area contributed by atoms with E-state index >= 15 is 0 Å². The average molecular weight is 491 g/mol. The number of aryl methyl sites for hydroxylation is 1. The van der Waals surface area contributed by atoms with Gasteiger partial charge in [0.1, 0.15) is 15.1 Å². The first-order chi connectivity index (χ1) is 15.3. The third kappa shape index (κ3) is 4.68. The topological polar surface area (TPSA) is 105 Å². The third-order valence-corrected chi connectivity index (χ3v) is 7.79. The Morgan fingerprint density at radius 3 is 2.59 bits per heavy atom. The number of carbonyl (C=O) groups is 1.